The van der Waals surface area contributed by atoms with Crippen LogP contribution in [0.5, 0.6) is 0 Å². The van der Waals surface area contributed by atoms with E-state index in [4.69, 9.17) is 0 Å². The van der Waals surface area contributed by atoms with Gasteiger partial charge in [-0.1, -0.05) is 30.3 Å². The van der Waals surface area contributed by atoms with Crippen LogP contribution in [0, 0.1) is 11.6 Å². The van der Waals surface area contributed by atoms with E-state index in [1.165, 1.54) is 48.5 Å². The highest BCUT2D eigenvalue weighted by molar-refractivity contribution is 7.79. The maximum atomic E-state index is 13.8. The first-order valence-corrected chi connectivity index (χ1v) is 9.58. The van der Waals surface area contributed by atoms with Crippen molar-refractivity contribution in [2.45, 2.75) is 0 Å². The van der Waals surface area contributed by atoms with Gasteiger partial charge in [-0.2, -0.15) is 0 Å². The van der Waals surface area contributed by atoms with Gasteiger partial charge in [0.25, 0.3) is 0 Å². The Morgan fingerprint density at radius 2 is 1.16 bits per heavy atom. The van der Waals surface area contributed by atoms with Crippen LogP contribution in [0.15, 0.2) is 78.9 Å². The molecule has 0 atom stereocenters. The number of hydrogen-bond donors (Lipinski definition) is 0. The quantitative estimate of drug-likeness (QED) is 0.508. The smallest absolute Gasteiger partial charge is 0.170 e. The van der Waals surface area contributed by atoms with Crippen molar-refractivity contribution in [3.63, 3.8) is 0 Å². The van der Waals surface area contributed by atoms with Crippen LogP contribution >= 0.6 is 7.14 Å². The molecule has 3 rings (SSSR count). The molecule has 0 N–H and O–H groups in total. The molecule has 0 unspecified atom stereocenters. The van der Waals surface area contributed by atoms with Crippen molar-refractivity contribution in [2.75, 3.05) is 6.16 Å². The third-order valence-electron chi connectivity index (χ3n) is 3.95. The topological polar surface area (TPSA) is 34.1 Å². The molecule has 0 fully saturated rings. The molecule has 126 valence electrons. The highest BCUT2D eigenvalue weighted by Crippen LogP contribution is 2.43. The zero-order valence-corrected chi connectivity index (χ0v) is 14.1. The first-order chi connectivity index (χ1) is 12.0. The highest BCUT2D eigenvalue weighted by Gasteiger charge is 2.30. The van der Waals surface area contributed by atoms with E-state index in [0.29, 0.717) is 16.2 Å². The highest BCUT2D eigenvalue weighted by atomic mass is 31.2. The Kier molecular flexibility index (Phi) is 4.91. The Hall–Kier alpha value is -2.58. The second-order valence-electron chi connectivity index (χ2n) is 5.64. The lowest BCUT2D eigenvalue weighted by Crippen LogP contribution is -2.22. The van der Waals surface area contributed by atoms with Crippen LogP contribution in [0.2, 0.25) is 0 Å². The van der Waals surface area contributed by atoms with Gasteiger partial charge in [-0.3, -0.25) is 4.79 Å². The van der Waals surface area contributed by atoms with Gasteiger partial charge >= 0.3 is 0 Å². The summed E-state index contributed by atoms with van der Waals surface area (Å²) in [6, 6.07) is 19.0. The molecule has 25 heavy (non-hydrogen) atoms. The summed E-state index contributed by atoms with van der Waals surface area (Å²) in [6.45, 7) is 0. The Balaban J connectivity index is 2.05. The van der Waals surface area contributed by atoms with Crippen molar-refractivity contribution in [3.05, 3.63) is 96.1 Å². The van der Waals surface area contributed by atoms with E-state index in [2.05, 4.69) is 0 Å². The van der Waals surface area contributed by atoms with Crippen LogP contribution in [0.25, 0.3) is 0 Å². The number of Topliss-reactive ketones (excluding diaryl/α,β-unsaturated/α-hetero) is 1. The van der Waals surface area contributed by atoms with Gasteiger partial charge in [0.2, 0.25) is 0 Å². The maximum absolute atomic E-state index is 13.8. The second kappa shape index (κ2) is 7.12. The first-order valence-electron chi connectivity index (χ1n) is 7.69. The monoisotopic (exact) mass is 356 g/mol. The zero-order valence-electron chi connectivity index (χ0n) is 13.2. The minimum absolute atomic E-state index is 0.242. The SMILES string of the molecule is O=C(CP(=O)(c1ccc(F)cc1)c1ccc(F)cc1)c1ccccc1. The molecular formula is C20H15F2O2P. The summed E-state index contributed by atoms with van der Waals surface area (Å²) in [4.78, 5) is 12.6. The normalized spacial score (nSPS) is 11.3. The van der Waals surface area contributed by atoms with E-state index in [1.54, 1.807) is 30.3 Å². The third kappa shape index (κ3) is 3.75. The Labute approximate surface area is 144 Å². The van der Waals surface area contributed by atoms with Crippen molar-refractivity contribution in [1.29, 1.82) is 0 Å². The molecule has 0 bridgehead atoms. The standard InChI is InChI=1S/C20H15F2O2P/c21-16-6-10-18(11-7-16)25(24,19-12-8-17(22)9-13-19)14-20(23)15-4-2-1-3-5-15/h1-13H,14H2. The molecule has 5 heteroatoms. The van der Waals surface area contributed by atoms with Gasteiger partial charge in [0.05, 0.1) is 6.16 Å². The molecule has 0 heterocycles. The largest absolute Gasteiger partial charge is 0.313 e. The lowest BCUT2D eigenvalue weighted by molar-refractivity contribution is 0.102. The van der Waals surface area contributed by atoms with Crippen LogP contribution in [0.3, 0.4) is 0 Å². The molecule has 0 spiro atoms. The van der Waals surface area contributed by atoms with E-state index >= 15 is 0 Å². The number of ketones is 1. The van der Waals surface area contributed by atoms with Crippen molar-refractivity contribution in [3.8, 4) is 0 Å². The summed E-state index contributed by atoms with van der Waals surface area (Å²) in [7, 11) is -3.37. The van der Waals surface area contributed by atoms with Gasteiger partial charge in [0.1, 0.15) is 11.6 Å². The molecule has 0 saturated heterocycles. The van der Waals surface area contributed by atoms with Crippen LogP contribution in [0.4, 0.5) is 8.78 Å². The molecule has 0 radical (unpaired) electrons. The average Bonchev–Trinajstić information content (AvgIpc) is 2.63. The Bertz CT molecular complexity index is 871. The van der Waals surface area contributed by atoms with Crippen LogP contribution in [-0.4, -0.2) is 11.9 Å². The van der Waals surface area contributed by atoms with Gasteiger partial charge < -0.3 is 4.57 Å². The zero-order chi connectivity index (χ0) is 17.9. The van der Waals surface area contributed by atoms with Crippen molar-refractivity contribution in [2.24, 2.45) is 0 Å². The van der Waals surface area contributed by atoms with E-state index in [9.17, 15) is 18.1 Å². The molecule has 0 aliphatic carbocycles. The second-order valence-corrected chi connectivity index (χ2v) is 8.47. The van der Waals surface area contributed by atoms with Crippen LogP contribution in [-0.2, 0) is 4.57 Å². The number of carbonyl (C=O) groups excluding carboxylic acids is 1. The Morgan fingerprint density at radius 1 is 0.720 bits per heavy atom. The average molecular weight is 356 g/mol. The minimum Gasteiger partial charge on any atom is -0.313 e. The number of benzene rings is 3. The van der Waals surface area contributed by atoms with Gasteiger partial charge in [0.15, 0.2) is 12.9 Å². The molecule has 0 aromatic heterocycles. The third-order valence-corrected chi connectivity index (χ3v) is 6.95. The summed E-state index contributed by atoms with van der Waals surface area (Å²) in [6.07, 6.45) is -0.242. The number of rotatable bonds is 5. The maximum Gasteiger partial charge on any atom is 0.170 e. The minimum atomic E-state index is -3.37. The fourth-order valence-electron chi connectivity index (χ4n) is 2.61. The molecular weight excluding hydrogens is 341 g/mol. The summed E-state index contributed by atoms with van der Waals surface area (Å²) in [5, 5.41) is 0.731. The first kappa shape index (κ1) is 17.2. The van der Waals surface area contributed by atoms with Crippen molar-refractivity contribution < 1.29 is 18.1 Å². The predicted octanol–water partition coefficient (Wildman–Crippen LogP) is 4.16. The molecule has 3 aromatic carbocycles. The van der Waals surface area contributed by atoms with Crippen LogP contribution in [0.1, 0.15) is 10.4 Å². The fourth-order valence-corrected chi connectivity index (χ4v) is 5.12. The van der Waals surface area contributed by atoms with Crippen molar-refractivity contribution >= 4 is 23.5 Å². The summed E-state index contributed by atoms with van der Waals surface area (Å²) in [5.41, 5.74) is 0.451. The van der Waals surface area contributed by atoms with Crippen molar-refractivity contribution in [1.82, 2.24) is 0 Å². The van der Waals surface area contributed by atoms with E-state index in [0.717, 1.165) is 0 Å². The lowest BCUT2D eigenvalue weighted by Gasteiger charge is -2.19. The van der Waals surface area contributed by atoms with Gasteiger partial charge in [-0.25, -0.2) is 8.78 Å². The number of carbonyl (C=O) groups is 1. The van der Waals surface area contributed by atoms with Crippen LogP contribution < -0.4 is 10.6 Å². The van der Waals surface area contributed by atoms with E-state index in [-0.39, 0.29) is 11.9 Å². The molecule has 0 aliphatic rings. The Morgan fingerprint density at radius 3 is 1.60 bits per heavy atom. The molecule has 2 nitrogen and oxygen atoms in total. The summed E-state index contributed by atoms with van der Waals surface area (Å²) < 4.78 is 40.3. The summed E-state index contributed by atoms with van der Waals surface area (Å²) >= 11 is 0. The molecule has 0 aliphatic heterocycles. The van der Waals surface area contributed by atoms with E-state index in [1.807, 2.05) is 0 Å². The van der Waals surface area contributed by atoms with Gasteiger partial charge in [-0.15, -0.1) is 0 Å². The van der Waals surface area contributed by atoms with Gasteiger partial charge in [0, 0.05) is 16.2 Å². The number of hydrogen-bond acceptors (Lipinski definition) is 2. The lowest BCUT2D eigenvalue weighted by atomic mass is 10.2. The molecule has 3 aromatic rings. The fraction of sp³-hybridized carbons (Fsp3) is 0.0500. The summed E-state index contributed by atoms with van der Waals surface area (Å²) in [5.74, 6) is -1.19. The molecule has 0 saturated carbocycles. The number of halogens is 2. The van der Waals surface area contributed by atoms with E-state index < -0.39 is 18.8 Å². The molecule has 0 amide bonds. The van der Waals surface area contributed by atoms with Gasteiger partial charge in [-0.05, 0) is 48.5 Å². The predicted molar refractivity (Wildman–Crippen MR) is 95.3 cm³/mol.